The second-order valence-electron chi connectivity index (χ2n) is 4.43. The topological polar surface area (TPSA) is 66.4 Å². The number of Topliss-reactive ketones (excluding diaryl/α,β-unsaturated/α-hetero) is 1. The number of hydrogen-bond acceptors (Lipinski definition) is 3. The molecule has 0 bridgehead atoms. The third kappa shape index (κ3) is 3.63. The van der Waals surface area contributed by atoms with E-state index in [4.69, 9.17) is 5.11 Å². The Bertz CT molecular complexity index is 252. The molecule has 86 valence electrons. The van der Waals surface area contributed by atoms with E-state index in [1.165, 1.54) is 0 Å². The lowest BCUT2D eigenvalue weighted by atomic mass is 9.87. The standard InChI is InChI=1S/C11H19NO3/c1-3-9(13)6-8-4-7(2)5-10(12-8)11(14)15/h7-8,10,12H,3-6H2,1-2H3,(H,14,15)/t7-,8-,10+/m1/s1. The minimum atomic E-state index is -0.810. The number of ketones is 1. The van der Waals surface area contributed by atoms with E-state index < -0.39 is 12.0 Å². The molecule has 0 saturated carbocycles. The summed E-state index contributed by atoms with van der Waals surface area (Å²) in [4.78, 5) is 22.1. The second-order valence-corrected chi connectivity index (χ2v) is 4.43. The molecule has 0 aromatic heterocycles. The van der Waals surface area contributed by atoms with Gasteiger partial charge >= 0.3 is 5.97 Å². The van der Waals surface area contributed by atoms with Crippen LogP contribution >= 0.6 is 0 Å². The Hall–Kier alpha value is -0.900. The predicted octanol–water partition coefficient (Wildman–Crippen LogP) is 1.20. The minimum absolute atomic E-state index is 0.0438. The zero-order valence-electron chi connectivity index (χ0n) is 9.32. The fraction of sp³-hybridized carbons (Fsp3) is 0.818. The largest absolute Gasteiger partial charge is 0.480 e. The molecule has 15 heavy (non-hydrogen) atoms. The van der Waals surface area contributed by atoms with E-state index in [0.29, 0.717) is 25.2 Å². The summed E-state index contributed by atoms with van der Waals surface area (Å²) in [5, 5.41) is 11.9. The monoisotopic (exact) mass is 213 g/mol. The molecule has 0 amide bonds. The number of carbonyl (C=O) groups excluding carboxylic acids is 1. The van der Waals surface area contributed by atoms with Crippen molar-refractivity contribution in [1.29, 1.82) is 0 Å². The zero-order valence-corrected chi connectivity index (χ0v) is 9.32. The number of aliphatic carboxylic acids is 1. The molecule has 1 fully saturated rings. The summed E-state index contributed by atoms with van der Waals surface area (Å²) < 4.78 is 0. The molecule has 4 heteroatoms. The van der Waals surface area contributed by atoms with Crippen LogP contribution in [0.1, 0.15) is 39.5 Å². The second kappa shape index (κ2) is 5.26. The average molecular weight is 213 g/mol. The molecular formula is C11H19NO3. The van der Waals surface area contributed by atoms with Crippen LogP contribution in [-0.2, 0) is 9.59 Å². The van der Waals surface area contributed by atoms with Gasteiger partial charge in [0, 0.05) is 18.9 Å². The third-order valence-electron chi connectivity index (χ3n) is 2.93. The summed E-state index contributed by atoms with van der Waals surface area (Å²) in [5.74, 6) is -0.233. The van der Waals surface area contributed by atoms with Crippen molar-refractivity contribution < 1.29 is 14.7 Å². The van der Waals surface area contributed by atoms with Gasteiger partial charge in [0.2, 0.25) is 0 Å². The van der Waals surface area contributed by atoms with Gasteiger partial charge in [0.1, 0.15) is 11.8 Å². The Morgan fingerprint density at radius 1 is 1.40 bits per heavy atom. The molecule has 0 radical (unpaired) electrons. The number of nitrogens with one attached hydrogen (secondary N) is 1. The van der Waals surface area contributed by atoms with Crippen LogP contribution < -0.4 is 5.32 Å². The molecule has 1 heterocycles. The minimum Gasteiger partial charge on any atom is -0.480 e. The summed E-state index contributed by atoms with van der Waals surface area (Å²) in [5.41, 5.74) is 0. The summed E-state index contributed by atoms with van der Waals surface area (Å²) in [6.07, 6.45) is 2.55. The van der Waals surface area contributed by atoms with Gasteiger partial charge in [-0.3, -0.25) is 9.59 Å². The van der Waals surface area contributed by atoms with Crippen LogP contribution in [0, 0.1) is 5.92 Å². The Labute approximate surface area is 90.0 Å². The molecule has 1 rings (SSSR count). The highest BCUT2D eigenvalue weighted by molar-refractivity contribution is 5.79. The maximum absolute atomic E-state index is 11.3. The van der Waals surface area contributed by atoms with Crippen molar-refractivity contribution in [3.63, 3.8) is 0 Å². The lowest BCUT2D eigenvalue weighted by Crippen LogP contribution is -2.49. The van der Waals surface area contributed by atoms with Gasteiger partial charge in [-0.15, -0.1) is 0 Å². The summed E-state index contributed by atoms with van der Waals surface area (Å²) >= 11 is 0. The number of hydrogen-bond donors (Lipinski definition) is 2. The average Bonchev–Trinajstić information content (AvgIpc) is 2.16. The number of piperidine rings is 1. The van der Waals surface area contributed by atoms with Crippen molar-refractivity contribution in [3.05, 3.63) is 0 Å². The zero-order chi connectivity index (χ0) is 11.4. The molecule has 0 aromatic rings. The first-order valence-corrected chi connectivity index (χ1v) is 5.53. The van der Waals surface area contributed by atoms with E-state index in [1.807, 2.05) is 13.8 Å². The quantitative estimate of drug-likeness (QED) is 0.736. The van der Waals surface area contributed by atoms with Gasteiger partial charge in [0.15, 0.2) is 0 Å². The Morgan fingerprint density at radius 2 is 2.07 bits per heavy atom. The smallest absolute Gasteiger partial charge is 0.320 e. The van der Waals surface area contributed by atoms with Crippen molar-refractivity contribution in [2.45, 2.75) is 51.6 Å². The first-order chi connectivity index (χ1) is 7.02. The summed E-state index contributed by atoms with van der Waals surface area (Å²) in [6.45, 7) is 3.88. The highest BCUT2D eigenvalue weighted by Gasteiger charge is 2.30. The van der Waals surface area contributed by atoms with Gasteiger partial charge in [0.05, 0.1) is 0 Å². The highest BCUT2D eigenvalue weighted by atomic mass is 16.4. The third-order valence-corrected chi connectivity index (χ3v) is 2.93. The SMILES string of the molecule is CCC(=O)C[C@H]1C[C@@H](C)C[C@@H](C(=O)O)N1. The van der Waals surface area contributed by atoms with Crippen molar-refractivity contribution in [3.8, 4) is 0 Å². The van der Waals surface area contributed by atoms with Crippen LogP contribution in [0.3, 0.4) is 0 Å². The van der Waals surface area contributed by atoms with Crippen LogP contribution in [-0.4, -0.2) is 28.9 Å². The molecule has 3 atom stereocenters. The van der Waals surface area contributed by atoms with Crippen LogP contribution in [0.2, 0.25) is 0 Å². The van der Waals surface area contributed by atoms with Crippen molar-refractivity contribution >= 4 is 11.8 Å². The fourth-order valence-corrected chi connectivity index (χ4v) is 2.14. The molecule has 1 aliphatic rings. The highest BCUT2D eigenvalue weighted by Crippen LogP contribution is 2.21. The molecule has 1 aliphatic heterocycles. The Morgan fingerprint density at radius 3 is 2.60 bits per heavy atom. The lowest BCUT2D eigenvalue weighted by molar-refractivity contribution is -0.141. The van der Waals surface area contributed by atoms with Gasteiger partial charge in [-0.2, -0.15) is 0 Å². The molecular weight excluding hydrogens is 194 g/mol. The predicted molar refractivity (Wildman–Crippen MR) is 56.7 cm³/mol. The molecule has 0 unspecified atom stereocenters. The summed E-state index contributed by atoms with van der Waals surface area (Å²) in [6, 6.07) is -0.439. The first kappa shape index (κ1) is 12.2. The number of carboxylic acid groups (broad SMARTS) is 1. The van der Waals surface area contributed by atoms with Gasteiger partial charge in [0.25, 0.3) is 0 Å². The van der Waals surface area contributed by atoms with E-state index in [2.05, 4.69) is 5.32 Å². The number of carboxylic acids is 1. The van der Waals surface area contributed by atoms with Crippen LogP contribution in [0.15, 0.2) is 0 Å². The van der Waals surface area contributed by atoms with E-state index in [-0.39, 0.29) is 11.8 Å². The molecule has 4 nitrogen and oxygen atoms in total. The Balaban J connectivity index is 2.51. The van der Waals surface area contributed by atoms with Gasteiger partial charge in [-0.1, -0.05) is 13.8 Å². The van der Waals surface area contributed by atoms with Crippen LogP contribution in [0.5, 0.6) is 0 Å². The van der Waals surface area contributed by atoms with Gasteiger partial charge < -0.3 is 10.4 Å². The molecule has 0 spiro atoms. The first-order valence-electron chi connectivity index (χ1n) is 5.53. The Kier molecular flexibility index (Phi) is 4.27. The van der Waals surface area contributed by atoms with Crippen LogP contribution in [0.25, 0.3) is 0 Å². The number of rotatable bonds is 4. The van der Waals surface area contributed by atoms with Gasteiger partial charge in [-0.05, 0) is 18.8 Å². The lowest BCUT2D eigenvalue weighted by Gasteiger charge is -2.32. The van der Waals surface area contributed by atoms with E-state index in [9.17, 15) is 9.59 Å². The van der Waals surface area contributed by atoms with Crippen molar-refractivity contribution in [2.24, 2.45) is 5.92 Å². The molecule has 0 aromatic carbocycles. The van der Waals surface area contributed by atoms with E-state index in [1.54, 1.807) is 0 Å². The van der Waals surface area contributed by atoms with Crippen LogP contribution in [0.4, 0.5) is 0 Å². The maximum Gasteiger partial charge on any atom is 0.320 e. The molecule has 1 saturated heterocycles. The molecule has 0 aliphatic carbocycles. The normalized spacial score (nSPS) is 31.2. The van der Waals surface area contributed by atoms with E-state index in [0.717, 1.165) is 6.42 Å². The number of carbonyl (C=O) groups is 2. The maximum atomic E-state index is 11.3. The van der Waals surface area contributed by atoms with E-state index >= 15 is 0 Å². The van der Waals surface area contributed by atoms with Gasteiger partial charge in [-0.25, -0.2) is 0 Å². The van der Waals surface area contributed by atoms with Crippen molar-refractivity contribution in [2.75, 3.05) is 0 Å². The fourth-order valence-electron chi connectivity index (χ4n) is 2.14. The molecule has 2 N–H and O–H groups in total. The van der Waals surface area contributed by atoms with Crippen molar-refractivity contribution in [1.82, 2.24) is 5.32 Å². The summed E-state index contributed by atoms with van der Waals surface area (Å²) in [7, 11) is 0.